The highest BCUT2D eigenvalue weighted by Gasteiger charge is 2.41. The summed E-state index contributed by atoms with van der Waals surface area (Å²) in [5.74, 6) is 1.70. The van der Waals surface area contributed by atoms with Crippen molar-refractivity contribution in [2.45, 2.75) is 45.6 Å². The van der Waals surface area contributed by atoms with E-state index in [0.717, 1.165) is 18.4 Å². The van der Waals surface area contributed by atoms with E-state index in [4.69, 9.17) is 5.73 Å². The summed E-state index contributed by atoms with van der Waals surface area (Å²) < 4.78 is 0. The smallest absolute Gasteiger partial charge is 0.0335 e. The zero-order valence-electron chi connectivity index (χ0n) is 12.5. The van der Waals surface area contributed by atoms with Gasteiger partial charge in [-0.05, 0) is 37.6 Å². The van der Waals surface area contributed by atoms with Gasteiger partial charge in [-0.25, -0.2) is 0 Å². The quantitative estimate of drug-likeness (QED) is 0.832. The maximum Gasteiger partial charge on any atom is 0.0335 e. The van der Waals surface area contributed by atoms with Gasteiger partial charge in [-0.2, -0.15) is 0 Å². The first-order valence-corrected chi connectivity index (χ1v) is 7.79. The van der Waals surface area contributed by atoms with E-state index >= 15 is 0 Å². The van der Waals surface area contributed by atoms with E-state index in [1.54, 1.807) is 0 Å². The second-order valence-corrected chi connectivity index (χ2v) is 6.55. The molecule has 1 aliphatic heterocycles. The number of hydrogen-bond acceptors (Lipinski definition) is 3. The average Bonchev–Trinajstić information content (AvgIpc) is 2.42. The molecule has 3 heteroatoms. The molecule has 0 amide bonds. The molecule has 0 radical (unpaired) electrons. The van der Waals surface area contributed by atoms with Crippen molar-refractivity contribution in [3.05, 3.63) is 0 Å². The van der Waals surface area contributed by atoms with E-state index in [-0.39, 0.29) is 0 Å². The predicted octanol–water partition coefficient (Wildman–Crippen LogP) is 1.78. The standard InChI is InChI=1S/C15H31N3/c1-4-17-7-9-18(10-8-17)15(12-16)6-5-13(2)14(3)11-15/h13-14H,4-12,16H2,1-3H3. The predicted molar refractivity (Wildman–Crippen MR) is 77.7 cm³/mol. The lowest BCUT2D eigenvalue weighted by atomic mass is 9.70. The van der Waals surface area contributed by atoms with Gasteiger partial charge in [-0.1, -0.05) is 20.8 Å². The van der Waals surface area contributed by atoms with Gasteiger partial charge in [0.05, 0.1) is 0 Å². The van der Waals surface area contributed by atoms with Crippen LogP contribution < -0.4 is 5.73 Å². The van der Waals surface area contributed by atoms with Crippen LogP contribution in [0.5, 0.6) is 0 Å². The molecule has 0 bridgehead atoms. The zero-order chi connectivity index (χ0) is 13.2. The van der Waals surface area contributed by atoms with E-state index in [9.17, 15) is 0 Å². The molecule has 0 aromatic heterocycles. The molecule has 1 saturated heterocycles. The first kappa shape index (κ1) is 14.3. The molecule has 2 aliphatic rings. The molecule has 3 nitrogen and oxygen atoms in total. The normalized spacial score (nSPS) is 40.0. The van der Waals surface area contributed by atoms with Crippen molar-refractivity contribution >= 4 is 0 Å². The van der Waals surface area contributed by atoms with Gasteiger partial charge < -0.3 is 10.6 Å². The van der Waals surface area contributed by atoms with Gasteiger partial charge in [0.25, 0.3) is 0 Å². The summed E-state index contributed by atoms with van der Waals surface area (Å²) in [6.45, 7) is 14.0. The van der Waals surface area contributed by atoms with Crippen molar-refractivity contribution in [3.8, 4) is 0 Å². The van der Waals surface area contributed by atoms with Gasteiger partial charge in [-0.3, -0.25) is 4.90 Å². The Morgan fingerprint density at radius 1 is 1.11 bits per heavy atom. The molecule has 0 aromatic rings. The summed E-state index contributed by atoms with van der Waals surface area (Å²) in [5, 5.41) is 0. The van der Waals surface area contributed by atoms with Crippen molar-refractivity contribution in [1.82, 2.24) is 9.80 Å². The summed E-state index contributed by atoms with van der Waals surface area (Å²) >= 11 is 0. The largest absolute Gasteiger partial charge is 0.329 e. The number of piperazine rings is 1. The van der Waals surface area contributed by atoms with Crippen LogP contribution in [0.15, 0.2) is 0 Å². The summed E-state index contributed by atoms with van der Waals surface area (Å²) in [5.41, 5.74) is 6.50. The molecule has 18 heavy (non-hydrogen) atoms. The fourth-order valence-corrected chi connectivity index (χ4v) is 3.82. The molecule has 0 spiro atoms. The van der Waals surface area contributed by atoms with Crippen LogP contribution in [0.25, 0.3) is 0 Å². The van der Waals surface area contributed by atoms with Gasteiger partial charge in [0, 0.05) is 38.3 Å². The number of nitrogens with zero attached hydrogens (tertiary/aromatic N) is 2. The lowest BCUT2D eigenvalue weighted by molar-refractivity contribution is -0.00983. The summed E-state index contributed by atoms with van der Waals surface area (Å²) in [6.07, 6.45) is 3.96. The maximum atomic E-state index is 6.19. The average molecular weight is 253 g/mol. The van der Waals surface area contributed by atoms with Crippen molar-refractivity contribution in [3.63, 3.8) is 0 Å². The Bertz CT molecular complexity index is 260. The molecule has 0 aromatic carbocycles. The fourth-order valence-electron chi connectivity index (χ4n) is 3.82. The fraction of sp³-hybridized carbons (Fsp3) is 1.00. The summed E-state index contributed by atoms with van der Waals surface area (Å²) in [4.78, 5) is 5.26. The Morgan fingerprint density at radius 2 is 1.78 bits per heavy atom. The minimum Gasteiger partial charge on any atom is -0.329 e. The summed E-state index contributed by atoms with van der Waals surface area (Å²) in [7, 11) is 0. The molecule has 1 saturated carbocycles. The second-order valence-electron chi connectivity index (χ2n) is 6.55. The van der Waals surface area contributed by atoms with Crippen LogP contribution in [0.3, 0.4) is 0 Å². The Balaban J connectivity index is 2.00. The third kappa shape index (κ3) is 2.73. The van der Waals surface area contributed by atoms with Crippen LogP contribution in [0, 0.1) is 11.8 Å². The van der Waals surface area contributed by atoms with E-state index in [0.29, 0.717) is 5.54 Å². The van der Waals surface area contributed by atoms with Crippen molar-refractivity contribution in [2.75, 3.05) is 39.3 Å². The SMILES string of the molecule is CCN1CCN(C2(CN)CCC(C)C(C)C2)CC1. The lowest BCUT2D eigenvalue weighted by Crippen LogP contribution is -2.62. The van der Waals surface area contributed by atoms with E-state index in [1.165, 1.54) is 52.0 Å². The summed E-state index contributed by atoms with van der Waals surface area (Å²) in [6, 6.07) is 0. The van der Waals surface area contributed by atoms with Crippen molar-refractivity contribution < 1.29 is 0 Å². The number of nitrogens with two attached hydrogens (primary N) is 1. The van der Waals surface area contributed by atoms with E-state index in [2.05, 4.69) is 30.6 Å². The second kappa shape index (κ2) is 5.89. The van der Waals surface area contributed by atoms with Crippen LogP contribution in [-0.4, -0.2) is 54.6 Å². The maximum absolute atomic E-state index is 6.19. The monoisotopic (exact) mass is 253 g/mol. The zero-order valence-corrected chi connectivity index (χ0v) is 12.5. The molecule has 1 heterocycles. The Kier molecular flexibility index (Phi) is 4.68. The van der Waals surface area contributed by atoms with Crippen LogP contribution in [0.1, 0.15) is 40.0 Å². The molecule has 3 atom stereocenters. The highest BCUT2D eigenvalue weighted by molar-refractivity contribution is 4.98. The van der Waals surface area contributed by atoms with Crippen LogP contribution in [0.2, 0.25) is 0 Å². The number of likely N-dealkylation sites (N-methyl/N-ethyl adjacent to an activating group) is 1. The van der Waals surface area contributed by atoms with Crippen LogP contribution in [-0.2, 0) is 0 Å². The van der Waals surface area contributed by atoms with Gasteiger partial charge in [0.2, 0.25) is 0 Å². The Hall–Kier alpha value is -0.120. The molecular weight excluding hydrogens is 222 g/mol. The van der Waals surface area contributed by atoms with Gasteiger partial charge in [-0.15, -0.1) is 0 Å². The topological polar surface area (TPSA) is 32.5 Å². The van der Waals surface area contributed by atoms with E-state index in [1.807, 2.05) is 0 Å². The molecule has 1 aliphatic carbocycles. The minimum absolute atomic E-state index is 0.311. The van der Waals surface area contributed by atoms with Gasteiger partial charge in [0.15, 0.2) is 0 Å². The Labute approximate surface area is 113 Å². The highest BCUT2D eigenvalue weighted by Crippen LogP contribution is 2.39. The number of rotatable bonds is 3. The van der Waals surface area contributed by atoms with E-state index < -0.39 is 0 Å². The molecule has 2 N–H and O–H groups in total. The van der Waals surface area contributed by atoms with Crippen molar-refractivity contribution in [1.29, 1.82) is 0 Å². The van der Waals surface area contributed by atoms with Gasteiger partial charge >= 0.3 is 0 Å². The third-order valence-electron chi connectivity index (χ3n) is 5.61. The molecule has 2 rings (SSSR count). The molecule has 2 fully saturated rings. The molecule has 3 unspecified atom stereocenters. The van der Waals surface area contributed by atoms with Crippen LogP contribution >= 0.6 is 0 Å². The first-order valence-electron chi connectivity index (χ1n) is 7.79. The van der Waals surface area contributed by atoms with Crippen LogP contribution in [0.4, 0.5) is 0 Å². The third-order valence-corrected chi connectivity index (χ3v) is 5.61. The Morgan fingerprint density at radius 3 is 2.28 bits per heavy atom. The van der Waals surface area contributed by atoms with Crippen molar-refractivity contribution in [2.24, 2.45) is 17.6 Å². The number of hydrogen-bond donors (Lipinski definition) is 1. The lowest BCUT2D eigenvalue weighted by Gasteiger charge is -2.52. The molecule has 106 valence electrons. The first-order chi connectivity index (χ1) is 8.61. The van der Waals surface area contributed by atoms with Gasteiger partial charge in [0.1, 0.15) is 0 Å². The highest BCUT2D eigenvalue weighted by atomic mass is 15.3. The minimum atomic E-state index is 0.311. The molecular formula is C15H31N3.